The van der Waals surface area contributed by atoms with E-state index in [1.165, 1.54) is 45.1 Å². The zero-order chi connectivity index (χ0) is 29.6. The van der Waals surface area contributed by atoms with Crippen LogP contribution in [-0.2, 0) is 22.9 Å². The highest BCUT2D eigenvalue weighted by atomic mass is 32.2. The lowest BCUT2D eigenvalue weighted by Crippen LogP contribution is -2.14. The van der Waals surface area contributed by atoms with Crippen molar-refractivity contribution >= 4 is 50.0 Å². The van der Waals surface area contributed by atoms with Crippen molar-refractivity contribution in [2.45, 2.75) is 37.5 Å². The number of thiophene rings is 2. The zero-order valence-corrected chi connectivity index (χ0v) is 25.4. The second kappa shape index (κ2) is 11.2. The second-order valence-electron chi connectivity index (χ2n) is 10.0. The number of nitrogens with zero attached hydrogens (tertiary/aromatic N) is 3. The average Bonchev–Trinajstić information content (AvgIpc) is 3.31. The summed E-state index contributed by atoms with van der Waals surface area (Å²) in [6.45, 7) is 2.03. The third-order valence-electron chi connectivity index (χ3n) is 6.75. The molecule has 214 valence electrons. The molecule has 1 aliphatic rings. The van der Waals surface area contributed by atoms with Crippen molar-refractivity contribution in [3.63, 3.8) is 0 Å². The summed E-state index contributed by atoms with van der Waals surface area (Å²) in [4.78, 5) is 18.3. The number of nitrogens with two attached hydrogens (primary N) is 1. The molecule has 6 rings (SSSR count). The Hall–Kier alpha value is -3.67. The number of primary sulfonamides is 1. The molecule has 0 spiro atoms. The third-order valence-corrected chi connectivity index (χ3v) is 10.4. The highest BCUT2D eigenvalue weighted by Gasteiger charge is 2.30. The van der Waals surface area contributed by atoms with Gasteiger partial charge in [-0.3, -0.25) is 0 Å². The highest BCUT2D eigenvalue weighted by Crippen LogP contribution is 2.39. The van der Waals surface area contributed by atoms with Gasteiger partial charge in [-0.15, -0.1) is 34.0 Å². The fourth-order valence-electron chi connectivity index (χ4n) is 4.54. The van der Waals surface area contributed by atoms with Crippen LogP contribution in [0.5, 0.6) is 0 Å². The van der Waals surface area contributed by atoms with E-state index in [2.05, 4.69) is 16.8 Å². The number of sulfonamides is 1. The SMILES string of the molecule is Cc1ccc(C#Cc2csc(-c3nn(-c4nc(C(=O)O)cs4)c(CC4CC4)c3Cc3ccc(S(N)(=O)=O)c(F)c3)c2)s1. The van der Waals surface area contributed by atoms with Crippen molar-refractivity contribution in [1.82, 2.24) is 14.8 Å². The molecule has 3 N–H and O–H groups in total. The third kappa shape index (κ3) is 6.08. The maximum Gasteiger partial charge on any atom is 0.355 e. The van der Waals surface area contributed by atoms with Gasteiger partial charge >= 0.3 is 5.97 Å². The molecule has 1 aromatic carbocycles. The normalized spacial score (nSPS) is 13.2. The maximum absolute atomic E-state index is 14.8. The van der Waals surface area contributed by atoms with Gasteiger partial charge in [-0.2, -0.15) is 5.10 Å². The monoisotopic (exact) mass is 638 g/mol. The van der Waals surface area contributed by atoms with Crippen LogP contribution in [0.4, 0.5) is 4.39 Å². The number of aromatic nitrogens is 3. The number of thiazole rings is 1. The number of carboxylic acids is 1. The average molecular weight is 639 g/mol. The zero-order valence-electron chi connectivity index (χ0n) is 22.1. The van der Waals surface area contributed by atoms with Crippen LogP contribution in [0.25, 0.3) is 15.7 Å². The van der Waals surface area contributed by atoms with Gasteiger partial charge in [0.05, 0.1) is 15.4 Å². The Labute approximate surface area is 253 Å². The number of carbonyl (C=O) groups is 1. The van der Waals surface area contributed by atoms with E-state index in [0.717, 1.165) is 39.4 Å². The summed E-state index contributed by atoms with van der Waals surface area (Å²) < 4.78 is 40.1. The van der Waals surface area contributed by atoms with Gasteiger partial charge in [-0.1, -0.05) is 17.9 Å². The van der Waals surface area contributed by atoms with Gasteiger partial charge in [0, 0.05) is 33.2 Å². The van der Waals surface area contributed by atoms with Crippen LogP contribution in [0.15, 0.2) is 52.1 Å². The topological polar surface area (TPSA) is 128 Å². The van der Waals surface area contributed by atoms with Gasteiger partial charge in [-0.05, 0) is 68.0 Å². The molecule has 0 radical (unpaired) electrons. The Balaban J connectivity index is 1.46. The molecular formula is C29H23FN4O4S4. The molecule has 1 fully saturated rings. The lowest BCUT2D eigenvalue weighted by molar-refractivity contribution is 0.0691. The van der Waals surface area contributed by atoms with E-state index in [1.807, 2.05) is 30.5 Å². The predicted molar refractivity (Wildman–Crippen MR) is 162 cm³/mol. The second-order valence-corrected chi connectivity index (χ2v) is 14.6. The summed E-state index contributed by atoms with van der Waals surface area (Å²) in [5.41, 5.74) is 3.68. The van der Waals surface area contributed by atoms with Crippen LogP contribution >= 0.6 is 34.0 Å². The van der Waals surface area contributed by atoms with Crippen molar-refractivity contribution in [3.8, 4) is 27.5 Å². The van der Waals surface area contributed by atoms with Crippen LogP contribution in [0.1, 0.15) is 55.5 Å². The van der Waals surface area contributed by atoms with E-state index in [-0.39, 0.29) is 12.1 Å². The largest absolute Gasteiger partial charge is 0.476 e. The number of hydrogen-bond acceptors (Lipinski definition) is 8. The van der Waals surface area contributed by atoms with Crippen molar-refractivity contribution in [1.29, 1.82) is 0 Å². The van der Waals surface area contributed by atoms with E-state index in [9.17, 15) is 22.7 Å². The molecule has 13 heteroatoms. The standard InChI is InChI=1S/C29H23FN4O4S4/c1-16-2-7-20(41-16)8-5-19-13-25(39-14-19)27-21(10-18-6-9-26(22(30)11-18)42(31,37)38)24(12-17-3-4-17)34(33-27)29-32-23(15-40-29)28(35)36/h2,6-7,9,11,13-15,17H,3-4,10,12H2,1H3,(H,35,36)(H2,31,37,38). The van der Waals surface area contributed by atoms with Crippen molar-refractivity contribution < 1.29 is 22.7 Å². The molecule has 42 heavy (non-hydrogen) atoms. The Morgan fingerprint density at radius 1 is 1.17 bits per heavy atom. The van der Waals surface area contributed by atoms with Crippen molar-refractivity contribution in [2.75, 3.05) is 0 Å². The minimum atomic E-state index is -4.21. The Morgan fingerprint density at radius 3 is 2.62 bits per heavy atom. The molecule has 0 saturated heterocycles. The number of aromatic carboxylic acids is 1. The van der Waals surface area contributed by atoms with Gasteiger partial charge < -0.3 is 5.11 Å². The summed E-state index contributed by atoms with van der Waals surface area (Å²) in [5.74, 6) is 4.82. The fraction of sp³-hybridized carbons (Fsp3) is 0.207. The predicted octanol–water partition coefficient (Wildman–Crippen LogP) is 5.86. The smallest absolute Gasteiger partial charge is 0.355 e. The first-order chi connectivity index (χ1) is 20.0. The lowest BCUT2D eigenvalue weighted by Gasteiger charge is -2.09. The fourth-order valence-corrected chi connectivity index (χ4v) is 7.48. The molecule has 0 amide bonds. The maximum atomic E-state index is 14.8. The molecule has 0 aliphatic heterocycles. The van der Waals surface area contributed by atoms with E-state index in [0.29, 0.717) is 28.7 Å². The molecule has 4 aromatic heterocycles. The highest BCUT2D eigenvalue weighted by molar-refractivity contribution is 7.89. The molecule has 0 atom stereocenters. The van der Waals surface area contributed by atoms with Crippen molar-refractivity contribution in [2.24, 2.45) is 11.1 Å². The summed E-state index contributed by atoms with van der Waals surface area (Å²) in [5, 5.41) is 23.4. The minimum absolute atomic E-state index is 0.0656. The summed E-state index contributed by atoms with van der Waals surface area (Å²) in [6, 6.07) is 9.89. The van der Waals surface area contributed by atoms with E-state index < -0.39 is 26.7 Å². The van der Waals surface area contributed by atoms with Gasteiger partial charge in [0.1, 0.15) is 16.4 Å². The Kier molecular flexibility index (Phi) is 7.59. The van der Waals surface area contributed by atoms with Crippen LogP contribution in [0, 0.1) is 30.5 Å². The Morgan fingerprint density at radius 2 is 1.98 bits per heavy atom. The number of halogens is 1. The minimum Gasteiger partial charge on any atom is -0.476 e. The van der Waals surface area contributed by atoms with Crippen LogP contribution in [0.3, 0.4) is 0 Å². The molecule has 5 aromatic rings. The number of hydrogen-bond donors (Lipinski definition) is 2. The first-order valence-corrected chi connectivity index (χ1v) is 17.0. The molecule has 1 aliphatic carbocycles. The number of benzene rings is 1. The van der Waals surface area contributed by atoms with Crippen molar-refractivity contribution in [3.05, 3.63) is 90.8 Å². The van der Waals surface area contributed by atoms with E-state index in [1.54, 1.807) is 22.1 Å². The quantitative estimate of drug-likeness (QED) is 0.205. The molecular weight excluding hydrogens is 616 g/mol. The number of rotatable bonds is 8. The Bertz CT molecular complexity index is 2010. The molecule has 4 heterocycles. The first-order valence-electron chi connectivity index (χ1n) is 12.8. The number of aryl methyl sites for hydroxylation is 1. The molecule has 8 nitrogen and oxygen atoms in total. The van der Waals surface area contributed by atoms with Gasteiger partial charge in [0.25, 0.3) is 0 Å². The number of carboxylic acid groups (broad SMARTS) is 1. The first kappa shape index (κ1) is 28.4. The van der Waals surface area contributed by atoms with Crippen LogP contribution in [-0.4, -0.2) is 34.3 Å². The van der Waals surface area contributed by atoms with Crippen LogP contribution < -0.4 is 5.14 Å². The molecule has 1 saturated carbocycles. The molecule has 0 bridgehead atoms. The van der Waals surface area contributed by atoms with Crippen LogP contribution in [0.2, 0.25) is 0 Å². The summed E-state index contributed by atoms with van der Waals surface area (Å²) in [6.07, 6.45) is 3.09. The van der Waals surface area contributed by atoms with E-state index >= 15 is 0 Å². The summed E-state index contributed by atoms with van der Waals surface area (Å²) >= 11 is 4.30. The molecule has 0 unspecified atom stereocenters. The van der Waals surface area contributed by atoms with Gasteiger partial charge in [0.15, 0.2) is 5.69 Å². The van der Waals surface area contributed by atoms with Gasteiger partial charge in [0.2, 0.25) is 15.2 Å². The summed E-state index contributed by atoms with van der Waals surface area (Å²) in [7, 11) is -4.21. The lowest BCUT2D eigenvalue weighted by atomic mass is 9.99. The van der Waals surface area contributed by atoms with E-state index in [4.69, 9.17) is 10.2 Å². The van der Waals surface area contributed by atoms with Gasteiger partial charge in [-0.25, -0.2) is 32.4 Å².